The van der Waals surface area contributed by atoms with Gasteiger partial charge in [0.15, 0.2) is 5.76 Å². The summed E-state index contributed by atoms with van der Waals surface area (Å²) in [6, 6.07) is 15.5. The first-order valence-electron chi connectivity index (χ1n) is 10.3. The van der Waals surface area contributed by atoms with Crippen molar-refractivity contribution in [2.24, 2.45) is 0 Å². The SMILES string of the molecule is O=C(c1cc(=O)c(OCc2ccccc2)co1)N1CCN(c2cccc(C(F)(F)F)c2)CC1. The number of alkyl halides is 3. The first kappa shape index (κ1) is 22.4. The molecule has 1 fully saturated rings. The molecule has 1 saturated heterocycles. The minimum Gasteiger partial charge on any atom is -0.482 e. The fraction of sp³-hybridized carbons (Fsp3) is 0.250. The third-order valence-corrected chi connectivity index (χ3v) is 5.35. The molecule has 0 bridgehead atoms. The van der Waals surface area contributed by atoms with Crippen molar-refractivity contribution in [2.45, 2.75) is 12.8 Å². The van der Waals surface area contributed by atoms with E-state index in [-0.39, 0.29) is 31.2 Å². The highest BCUT2D eigenvalue weighted by Crippen LogP contribution is 2.32. The Labute approximate surface area is 187 Å². The molecule has 0 aliphatic carbocycles. The third kappa shape index (κ3) is 5.36. The molecule has 172 valence electrons. The van der Waals surface area contributed by atoms with Crippen molar-refractivity contribution in [1.82, 2.24) is 4.90 Å². The van der Waals surface area contributed by atoms with Gasteiger partial charge in [-0.3, -0.25) is 9.59 Å². The minimum absolute atomic E-state index is 0.00442. The molecule has 1 aromatic heterocycles. The highest BCUT2D eigenvalue weighted by molar-refractivity contribution is 5.91. The van der Waals surface area contributed by atoms with Crippen LogP contribution in [0, 0.1) is 0 Å². The smallest absolute Gasteiger partial charge is 0.416 e. The van der Waals surface area contributed by atoms with E-state index in [1.165, 1.54) is 11.0 Å². The zero-order chi connectivity index (χ0) is 23.4. The lowest BCUT2D eigenvalue weighted by Crippen LogP contribution is -2.49. The maximum atomic E-state index is 13.0. The Bertz CT molecular complexity index is 1170. The fourth-order valence-corrected chi connectivity index (χ4v) is 3.55. The predicted octanol–water partition coefficient (Wildman–Crippen LogP) is 4.20. The molecule has 0 saturated carbocycles. The van der Waals surface area contributed by atoms with E-state index in [0.29, 0.717) is 18.8 Å². The van der Waals surface area contributed by atoms with E-state index in [0.717, 1.165) is 30.0 Å². The number of ether oxygens (including phenoxy) is 1. The quantitative estimate of drug-likeness (QED) is 0.574. The van der Waals surface area contributed by atoms with Gasteiger partial charge in [-0.25, -0.2) is 0 Å². The first-order valence-corrected chi connectivity index (χ1v) is 10.3. The molecule has 9 heteroatoms. The van der Waals surface area contributed by atoms with Crippen LogP contribution in [0.25, 0.3) is 0 Å². The second-order valence-corrected chi connectivity index (χ2v) is 7.57. The van der Waals surface area contributed by atoms with Crippen molar-refractivity contribution in [2.75, 3.05) is 31.1 Å². The zero-order valence-corrected chi connectivity index (χ0v) is 17.5. The minimum atomic E-state index is -4.41. The number of hydrogen-bond donors (Lipinski definition) is 0. The number of halogens is 3. The van der Waals surface area contributed by atoms with Crippen LogP contribution in [0.1, 0.15) is 21.7 Å². The molecule has 1 amide bonds. The van der Waals surface area contributed by atoms with Crippen molar-refractivity contribution in [3.63, 3.8) is 0 Å². The van der Waals surface area contributed by atoms with Crippen LogP contribution in [0.15, 0.2) is 76.1 Å². The summed E-state index contributed by atoms with van der Waals surface area (Å²) >= 11 is 0. The molecule has 4 rings (SSSR count). The molecule has 0 radical (unpaired) electrons. The lowest BCUT2D eigenvalue weighted by molar-refractivity contribution is -0.137. The molecule has 2 heterocycles. The van der Waals surface area contributed by atoms with Gasteiger partial charge in [0, 0.05) is 37.9 Å². The first-order chi connectivity index (χ1) is 15.8. The highest BCUT2D eigenvalue weighted by Gasteiger charge is 2.31. The molecule has 0 N–H and O–H groups in total. The average Bonchev–Trinajstić information content (AvgIpc) is 2.83. The number of nitrogens with zero attached hydrogens (tertiary/aromatic N) is 2. The Hall–Kier alpha value is -3.75. The molecule has 1 aliphatic rings. The molecule has 3 aromatic rings. The van der Waals surface area contributed by atoms with Crippen LogP contribution in [-0.2, 0) is 12.8 Å². The Balaban J connectivity index is 1.37. The number of piperazine rings is 1. The summed E-state index contributed by atoms with van der Waals surface area (Å²) in [4.78, 5) is 28.4. The molecule has 6 nitrogen and oxygen atoms in total. The van der Waals surface area contributed by atoms with Gasteiger partial charge >= 0.3 is 6.18 Å². The van der Waals surface area contributed by atoms with E-state index in [1.54, 1.807) is 11.0 Å². The van der Waals surface area contributed by atoms with Gasteiger partial charge in [0.2, 0.25) is 11.2 Å². The van der Waals surface area contributed by atoms with Crippen molar-refractivity contribution in [1.29, 1.82) is 0 Å². The second-order valence-electron chi connectivity index (χ2n) is 7.57. The molecular weight excluding hydrogens is 437 g/mol. The van der Waals surface area contributed by atoms with Crippen molar-refractivity contribution < 1.29 is 27.1 Å². The summed E-state index contributed by atoms with van der Waals surface area (Å²) in [6.45, 7) is 1.47. The molecule has 0 atom stereocenters. The van der Waals surface area contributed by atoms with Crippen LogP contribution in [0.2, 0.25) is 0 Å². The Kier molecular flexibility index (Phi) is 6.39. The van der Waals surface area contributed by atoms with Gasteiger partial charge in [-0.2, -0.15) is 13.2 Å². The van der Waals surface area contributed by atoms with E-state index in [4.69, 9.17) is 9.15 Å². The van der Waals surface area contributed by atoms with Crippen LogP contribution >= 0.6 is 0 Å². The van der Waals surface area contributed by atoms with Crippen LogP contribution in [0.5, 0.6) is 5.75 Å². The van der Waals surface area contributed by atoms with Gasteiger partial charge < -0.3 is 19.0 Å². The topological polar surface area (TPSA) is 63.0 Å². The maximum absolute atomic E-state index is 13.0. The highest BCUT2D eigenvalue weighted by atomic mass is 19.4. The normalized spacial score (nSPS) is 14.3. The summed E-state index contributed by atoms with van der Waals surface area (Å²) in [5.41, 5.74) is 0.150. The molecule has 0 spiro atoms. The summed E-state index contributed by atoms with van der Waals surface area (Å²) < 4.78 is 49.7. The van der Waals surface area contributed by atoms with Gasteiger partial charge in [0.1, 0.15) is 12.9 Å². The standard InChI is InChI=1S/C24H21F3N2O4/c25-24(26,27)18-7-4-8-19(13-18)28-9-11-29(12-10-28)23(31)21-14-20(30)22(16-33-21)32-15-17-5-2-1-3-6-17/h1-8,13-14,16H,9-12,15H2. The van der Waals surface area contributed by atoms with Gasteiger partial charge in [-0.15, -0.1) is 0 Å². The van der Waals surface area contributed by atoms with Gasteiger partial charge in [-0.1, -0.05) is 36.4 Å². The number of amides is 1. The monoisotopic (exact) mass is 458 g/mol. The number of hydrogen-bond acceptors (Lipinski definition) is 5. The third-order valence-electron chi connectivity index (χ3n) is 5.35. The van der Waals surface area contributed by atoms with Crippen LogP contribution in [0.3, 0.4) is 0 Å². The zero-order valence-electron chi connectivity index (χ0n) is 17.5. The molecule has 33 heavy (non-hydrogen) atoms. The lowest BCUT2D eigenvalue weighted by atomic mass is 10.1. The fourth-order valence-electron chi connectivity index (χ4n) is 3.55. The number of carbonyl (C=O) groups excluding carboxylic acids is 1. The van der Waals surface area contributed by atoms with Gasteiger partial charge in [0.05, 0.1) is 5.56 Å². The predicted molar refractivity (Wildman–Crippen MR) is 115 cm³/mol. The molecular formula is C24H21F3N2O4. The average molecular weight is 458 g/mol. The molecule has 0 unspecified atom stereocenters. The second kappa shape index (κ2) is 9.40. The van der Waals surface area contributed by atoms with E-state index < -0.39 is 23.1 Å². The number of rotatable bonds is 5. The number of anilines is 1. The Morgan fingerprint density at radius 2 is 1.70 bits per heavy atom. The maximum Gasteiger partial charge on any atom is 0.416 e. The van der Waals surface area contributed by atoms with Crippen LogP contribution < -0.4 is 15.1 Å². The van der Waals surface area contributed by atoms with Crippen molar-refractivity contribution >= 4 is 11.6 Å². The summed E-state index contributed by atoms with van der Waals surface area (Å²) in [6.07, 6.45) is -3.29. The molecule has 2 aromatic carbocycles. The van der Waals surface area contributed by atoms with E-state index in [1.807, 2.05) is 30.3 Å². The van der Waals surface area contributed by atoms with Crippen LogP contribution in [0.4, 0.5) is 18.9 Å². The lowest BCUT2D eigenvalue weighted by Gasteiger charge is -2.36. The van der Waals surface area contributed by atoms with Crippen molar-refractivity contribution in [3.05, 3.63) is 94.0 Å². The van der Waals surface area contributed by atoms with E-state index in [2.05, 4.69) is 0 Å². The van der Waals surface area contributed by atoms with E-state index >= 15 is 0 Å². The molecule has 1 aliphatic heterocycles. The Morgan fingerprint density at radius 3 is 2.36 bits per heavy atom. The number of carbonyl (C=O) groups is 1. The summed E-state index contributed by atoms with van der Waals surface area (Å²) in [5, 5.41) is 0. The van der Waals surface area contributed by atoms with Crippen molar-refractivity contribution in [3.8, 4) is 5.75 Å². The largest absolute Gasteiger partial charge is 0.482 e. The van der Waals surface area contributed by atoms with Gasteiger partial charge in [-0.05, 0) is 23.8 Å². The summed E-state index contributed by atoms with van der Waals surface area (Å²) in [5.74, 6) is -0.560. The number of benzene rings is 2. The van der Waals surface area contributed by atoms with E-state index in [9.17, 15) is 22.8 Å². The van der Waals surface area contributed by atoms with Gasteiger partial charge in [0.25, 0.3) is 5.91 Å². The van der Waals surface area contributed by atoms with Crippen LogP contribution in [-0.4, -0.2) is 37.0 Å². The summed E-state index contributed by atoms with van der Waals surface area (Å²) in [7, 11) is 0. The Morgan fingerprint density at radius 1 is 0.970 bits per heavy atom.